The highest BCUT2D eigenvalue weighted by molar-refractivity contribution is 7.91. The van der Waals surface area contributed by atoms with Gasteiger partial charge in [-0.1, -0.05) is 6.92 Å². The van der Waals surface area contributed by atoms with Crippen LogP contribution in [0.15, 0.2) is 0 Å². The van der Waals surface area contributed by atoms with Crippen molar-refractivity contribution in [1.29, 1.82) is 0 Å². The lowest BCUT2D eigenvalue weighted by atomic mass is 10.1. The van der Waals surface area contributed by atoms with Crippen molar-refractivity contribution in [3.05, 3.63) is 0 Å². The summed E-state index contributed by atoms with van der Waals surface area (Å²) in [6.45, 7) is 5.86. The lowest BCUT2D eigenvalue weighted by Crippen LogP contribution is -2.53. The second kappa shape index (κ2) is 6.97. The number of carbonyl (C=O) groups excluding carboxylic acids is 1. The number of nitrogens with one attached hydrogen (secondary N) is 1. The van der Waals surface area contributed by atoms with Crippen molar-refractivity contribution in [3.8, 4) is 0 Å². The van der Waals surface area contributed by atoms with Crippen LogP contribution in [-0.4, -0.2) is 74.0 Å². The highest BCUT2D eigenvalue weighted by atomic mass is 32.2. The van der Waals surface area contributed by atoms with Gasteiger partial charge < -0.3 is 15.1 Å². The monoisotopic (exact) mass is 343 g/mol. The minimum absolute atomic E-state index is 0.0473. The van der Waals surface area contributed by atoms with Crippen LogP contribution >= 0.6 is 0 Å². The quantitative estimate of drug-likeness (QED) is 0.832. The molecule has 7 heteroatoms. The van der Waals surface area contributed by atoms with E-state index in [-0.39, 0.29) is 29.6 Å². The summed E-state index contributed by atoms with van der Waals surface area (Å²) in [6, 6.07) is 0.0668. The van der Waals surface area contributed by atoms with Crippen LogP contribution in [0.25, 0.3) is 0 Å². The number of rotatable bonds is 3. The van der Waals surface area contributed by atoms with E-state index in [1.165, 1.54) is 0 Å². The summed E-state index contributed by atoms with van der Waals surface area (Å²) in [5, 5.41) is 3.17. The van der Waals surface area contributed by atoms with Gasteiger partial charge in [0.25, 0.3) is 0 Å². The molecule has 0 aromatic carbocycles. The average Bonchev–Trinajstić information content (AvgIpc) is 3.35. The third-order valence-electron chi connectivity index (χ3n) is 5.47. The van der Waals surface area contributed by atoms with Crippen molar-refractivity contribution in [3.63, 3.8) is 0 Å². The molecule has 1 unspecified atom stereocenters. The number of amides is 2. The summed E-state index contributed by atoms with van der Waals surface area (Å²) in [7, 11) is -3.01. The zero-order chi connectivity index (χ0) is 16.4. The van der Waals surface area contributed by atoms with E-state index in [2.05, 4.69) is 17.1 Å². The maximum Gasteiger partial charge on any atom is 0.317 e. The van der Waals surface area contributed by atoms with E-state index in [4.69, 9.17) is 0 Å². The first-order valence-electron chi connectivity index (χ1n) is 8.98. The molecule has 2 heterocycles. The molecule has 0 aromatic heterocycles. The summed E-state index contributed by atoms with van der Waals surface area (Å²) in [6.07, 6.45) is 4.64. The van der Waals surface area contributed by atoms with Crippen molar-refractivity contribution in [2.75, 3.05) is 37.7 Å². The fourth-order valence-electron chi connectivity index (χ4n) is 3.83. The van der Waals surface area contributed by atoms with Gasteiger partial charge in [-0.3, -0.25) is 0 Å². The van der Waals surface area contributed by atoms with Gasteiger partial charge in [0.15, 0.2) is 9.84 Å². The van der Waals surface area contributed by atoms with Gasteiger partial charge in [0.1, 0.15) is 0 Å². The Morgan fingerprint density at radius 3 is 2.43 bits per heavy atom. The zero-order valence-electron chi connectivity index (χ0n) is 14.0. The summed E-state index contributed by atoms with van der Waals surface area (Å²) < 4.78 is 24.2. The van der Waals surface area contributed by atoms with E-state index in [0.29, 0.717) is 18.9 Å². The van der Waals surface area contributed by atoms with Gasteiger partial charge in [-0.05, 0) is 44.6 Å². The second-order valence-corrected chi connectivity index (χ2v) is 9.45. The normalized spacial score (nSPS) is 30.0. The Balaban J connectivity index is 1.61. The lowest BCUT2D eigenvalue weighted by molar-refractivity contribution is 0.158. The first-order valence-corrected chi connectivity index (χ1v) is 10.8. The van der Waals surface area contributed by atoms with Crippen LogP contribution < -0.4 is 5.32 Å². The Kier molecular flexibility index (Phi) is 5.16. The molecule has 0 spiro atoms. The molecule has 2 amide bonds. The van der Waals surface area contributed by atoms with Gasteiger partial charge in [0.05, 0.1) is 17.5 Å². The summed E-state index contributed by atoms with van der Waals surface area (Å²) in [5.74, 6) is 0.754. The molecule has 3 rings (SSSR count). The Morgan fingerprint density at radius 1 is 1.13 bits per heavy atom. The van der Waals surface area contributed by atoms with Crippen LogP contribution in [0.2, 0.25) is 0 Å². The molecule has 2 aliphatic heterocycles. The molecule has 0 aromatic rings. The second-order valence-electron chi connectivity index (χ2n) is 7.22. The van der Waals surface area contributed by atoms with Gasteiger partial charge in [0.2, 0.25) is 0 Å². The van der Waals surface area contributed by atoms with E-state index in [1.807, 2.05) is 4.90 Å². The fourth-order valence-corrected chi connectivity index (χ4v) is 5.54. The van der Waals surface area contributed by atoms with E-state index >= 15 is 0 Å². The first kappa shape index (κ1) is 17.0. The van der Waals surface area contributed by atoms with Crippen LogP contribution in [-0.2, 0) is 9.84 Å². The fraction of sp³-hybridized carbons (Fsp3) is 0.938. The predicted octanol–water partition coefficient (Wildman–Crippen LogP) is 1.08. The minimum atomic E-state index is -3.01. The molecule has 3 fully saturated rings. The van der Waals surface area contributed by atoms with Crippen molar-refractivity contribution < 1.29 is 13.2 Å². The van der Waals surface area contributed by atoms with Crippen LogP contribution in [0.1, 0.15) is 39.0 Å². The Morgan fingerprint density at radius 2 is 1.83 bits per heavy atom. The Bertz CT molecular complexity index is 525. The third kappa shape index (κ3) is 4.38. The van der Waals surface area contributed by atoms with Gasteiger partial charge in [-0.15, -0.1) is 0 Å². The molecule has 2 saturated heterocycles. The topological polar surface area (TPSA) is 69.7 Å². The highest BCUT2D eigenvalue weighted by Crippen LogP contribution is 2.37. The molecule has 1 N–H and O–H groups in total. The molecule has 0 radical (unpaired) electrons. The van der Waals surface area contributed by atoms with Gasteiger partial charge in [-0.2, -0.15) is 0 Å². The third-order valence-corrected chi connectivity index (χ3v) is 7.23. The number of nitrogens with zero attached hydrogens (tertiary/aromatic N) is 2. The standard InChI is InChI=1S/C16H29N3O3S/c1-2-18-9-6-14(7-10-18)17-16(20)19-8-3-11-23(21,22)12-15(19)13-4-5-13/h13-15H,2-12H2,1H3,(H,17,20). The number of urea groups is 1. The summed E-state index contributed by atoms with van der Waals surface area (Å²) in [4.78, 5) is 17.0. The maximum absolute atomic E-state index is 12.7. The minimum Gasteiger partial charge on any atom is -0.335 e. The number of carbonyl (C=O) groups is 1. The molecule has 23 heavy (non-hydrogen) atoms. The molecule has 132 valence electrons. The number of hydrogen-bond donors (Lipinski definition) is 1. The van der Waals surface area contributed by atoms with E-state index in [0.717, 1.165) is 45.3 Å². The highest BCUT2D eigenvalue weighted by Gasteiger charge is 2.41. The summed E-state index contributed by atoms with van der Waals surface area (Å²) in [5.41, 5.74) is 0. The smallest absolute Gasteiger partial charge is 0.317 e. The van der Waals surface area contributed by atoms with Crippen LogP contribution in [0.3, 0.4) is 0 Å². The first-order chi connectivity index (χ1) is 11.0. The largest absolute Gasteiger partial charge is 0.335 e. The van der Waals surface area contributed by atoms with E-state index in [9.17, 15) is 13.2 Å². The molecule has 0 bridgehead atoms. The van der Waals surface area contributed by atoms with Crippen LogP contribution in [0.4, 0.5) is 4.79 Å². The molecule has 1 aliphatic carbocycles. The summed E-state index contributed by atoms with van der Waals surface area (Å²) >= 11 is 0. The zero-order valence-corrected chi connectivity index (χ0v) is 14.9. The number of likely N-dealkylation sites (tertiary alicyclic amines) is 1. The molecule has 1 atom stereocenters. The molecule has 6 nitrogen and oxygen atoms in total. The van der Waals surface area contributed by atoms with Crippen molar-refractivity contribution in [1.82, 2.24) is 15.1 Å². The van der Waals surface area contributed by atoms with Crippen LogP contribution in [0.5, 0.6) is 0 Å². The molecule has 3 aliphatic rings. The molecular formula is C16H29N3O3S. The SMILES string of the molecule is CCN1CCC(NC(=O)N2CCCS(=O)(=O)CC2C2CC2)CC1. The number of hydrogen-bond acceptors (Lipinski definition) is 4. The predicted molar refractivity (Wildman–Crippen MR) is 90.2 cm³/mol. The lowest BCUT2D eigenvalue weighted by Gasteiger charge is -2.35. The van der Waals surface area contributed by atoms with Crippen molar-refractivity contribution in [2.45, 2.75) is 51.1 Å². The van der Waals surface area contributed by atoms with Crippen molar-refractivity contribution in [2.24, 2.45) is 5.92 Å². The van der Waals surface area contributed by atoms with Crippen molar-refractivity contribution >= 4 is 15.9 Å². The maximum atomic E-state index is 12.7. The molecule has 1 saturated carbocycles. The number of piperidine rings is 1. The Labute approximate surface area is 139 Å². The van der Waals surface area contributed by atoms with Gasteiger partial charge in [0, 0.05) is 25.7 Å². The molecular weight excluding hydrogens is 314 g/mol. The van der Waals surface area contributed by atoms with Gasteiger partial charge >= 0.3 is 6.03 Å². The van der Waals surface area contributed by atoms with E-state index < -0.39 is 9.84 Å². The van der Waals surface area contributed by atoms with Gasteiger partial charge in [-0.25, -0.2) is 13.2 Å². The average molecular weight is 343 g/mol. The Hall–Kier alpha value is -0.820. The number of sulfone groups is 1. The van der Waals surface area contributed by atoms with Crippen LogP contribution in [0, 0.1) is 5.92 Å². The van der Waals surface area contributed by atoms with E-state index in [1.54, 1.807) is 0 Å².